The Morgan fingerprint density at radius 3 is 2.71 bits per heavy atom. The van der Waals surface area contributed by atoms with Crippen molar-refractivity contribution in [3.63, 3.8) is 0 Å². The molecule has 0 saturated heterocycles. The summed E-state index contributed by atoms with van der Waals surface area (Å²) >= 11 is 5.04. The highest BCUT2D eigenvalue weighted by Gasteiger charge is 2.17. The fraction of sp³-hybridized carbons (Fsp3) is 0.562. The number of carbonyl (C=O) groups excluding carboxylic acids is 1. The van der Waals surface area contributed by atoms with Gasteiger partial charge >= 0.3 is 5.97 Å². The molecule has 0 aliphatic heterocycles. The van der Waals surface area contributed by atoms with Crippen LogP contribution in [0.3, 0.4) is 0 Å². The highest BCUT2D eigenvalue weighted by atomic mass is 79.9. The predicted molar refractivity (Wildman–Crippen MR) is 98.0 cm³/mol. The van der Waals surface area contributed by atoms with Crippen molar-refractivity contribution >= 4 is 44.7 Å². The van der Waals surface area contributed by atoms with E-state index < -0.39 is 0 Å². The highest BCUT2D eigenvalue weighted by molar-refractivity contribution is 9.10. The molecule has 0 aliphatic rings. The molecule has 132 valence electrons. The summed E-state index contributed by atoms with van der Waals surface area (Å²) in [5.41, 5.74) is 2.78. The molecule has 2 heterocycles. The number of carbonyl (C=O) groups is 1. The number of fused-ring (bicyclic) bond motifs is 1. The van der Waals surface area contributed by atoms with Crippen LogP contribution in [0.15, 0.2) is 15.6 Å². The van der Waals surface area contributed by atoms with Gasteiger partial charge in [0, 0.05) is 16.7 Å². The van der Waals surface area contributed by atoms with Crippen molar-refractivity contribution in [3.8, 4) is 0 Å². The second kappa shape index (κ2) is 8.31. The van der Waals surface area contributed by atoms with Crippen LogP contribution in [0.5, 0.6) is 0 Å². The fourth-order valence-corrected chi connectivity index (χ4v) is 3.71. The third kappa shape index (κ3) is 4.70. The summed E-state index contributed by atoms with van der Waals surface area (Å²) in [6, 6.07) is 2.19. The second-order valence-corrected chi connectivity index (χ2v) is 7.91. The van der Waals surface area contributed by atoms with Gasteiger partial charge in [-0.1, -0.05) is 0 Å². The maximum absolute atomic E-state index is 11.6. The van der Waals surface area contributed by atoms with E-state index in [1.807, 2.05) is 31.5 Å². The van der Waals surface area contributed by atoms with E-state index >= 15 is 0 Å². The van der Waals surface area contributed by atoms with Gasteiger partial charge in [0.15, 0.2) is 0 Å². The lowest BCUT2D eigenvalue weighted by Crippen LogP contribution is -2.11. The number of aromatic nitrogens is 3. The Labute approximate surface area is 154 Å². The number of pyridine rings is 1. The van der Waals surface area contributed by atoms with Crippen LogP contribution < -0.4 is 0 Å². The van der Waals surface area contributed by atoms with E-state index in [2.05, 4.69) is 39.9 Å². The van der Waals surface area contributed by atoms with E-state index in [1.54, 1.807) is 11.8 Å². The molecule has 2 aromatic heterocycles. The quantitative estimate of drug-likeness (QED) is 0.288. The van der Waals surface area contributed by atoms with E-state index in [1.165, 1.54) is 0 Å². The predicted octanol–water partition coefficient (Wildman–Crippen LogP) is 4.45. The number of hydrogen-bond donors (Lipinski definition) is 0. The lowest BCUT2D eigenvalue weighted by atomic mass is 10.3. The largest absolute Gasteiger partial charge is 0.343 e. The Hall–Kier alpha value is -1.12. The van der Waals surface area contributed by atoms with Crippen molar-refractivity contribution in [2.45, 2.75) is 58.1 Å². The summed E-state index contributed by atoms with van der Waals surface area (Å²) in [5, 5.41) is 4.59. The van der Waals surface area contributed by atoms with Gasteiger partial charge in [-0.15, -0.1) is 11.8 Å². The van der Waals surface area contributed by atoms with Crippen molar-refractivity contribution in [2.75, 3.05) is 5.75 Å². The SMILES string of the molecule is Cc1nn(C(C)C)c2c(SCCC(=O)OOC(C)C)cc(Br)nc12. The summed E-state index contributed by atoms with van der Waals surface area (Å²) < 4.78 is 2.74. The van der Waals surface area contributed by atoms with Gasteiger partial charge in [-0.05, 0) is 56.6 Å². The molecule has 0 unspecified atom stereocenters. The van der Waals surface area contributed by atoms with Crippen LogP contribution in [0.4, 0.5) is 0 Å². The maximum Gasteiger partial charge on any atom is 0.343 e. The van der Waals surface area contributed by atoms with Crippen molar-refractivity contribution in [2.24, 2.45) is 0 Å². The topological polar surface area (TPSA) is 66.2 Å². The van der Waals surface area contributed by atoms with Gasteiger partial charge in [0.2, 0.25) is 0 Å². The van der Waals surface area contributed by atoms with Gasteiger partial charge < -0.3 is 0 Å². The Morgan fingerprint density at radius 2 is 2.08 bits per heavy atom. The minimum atomic E-state index is -0.367. The number of hydrogen-bond acceptors (Lipinski definition) is 6. The average molecular weight is 416 g/mol. The minimum absolute atomic E-state index is 0.138. The van der Waals surface area contributed by atoms with Crippen LogP contribution in [-0.4, -0.2) is 32.6 Å². The molecular weight excluding hydrogens is 394 g/mol. The third-order valence-corrected chi connectivity index (χ3v) is 4.58. The molecule has 6 nitrogen and oxygen atoms in total. The van der Waals surface area contributed by atoms with Crippen molar-refractivity contribution in [3.05, 3.63) is 16.4 Å². The van der Waals surface area contributed by atoms with Gasteiger partial charge in [-0.3, -0.25) is 9.57 Å². The van der Waals surface area contributed by atoms with Crippen molar-refractivity contribution in [1.82, 2.24) is 14.8 Å². The first-order valence-corrected chi connectivity index (χ1v) is 9.61. The molecule has 0 aromatic carbocycles. The van der Waals surface area contributed by atoms with E-state index in [9.17, 15) is 4.79 Å². The zero-order chi connectivity index (χ0) is 17.9. The Morgan fingerprint density at radius 1 is 1.38 bits per heavy atom. The summed E-state index contributed by atoms with van der Waals surface area (Å²) in [4.78, 5) is 26.8. The molecular formula is C16H22BrN3O3S. The average Bonchev–Trinajstić information content (AvgIpc) is 2.82. The first kappa shape index (κ1) is 19.2. The number of aryl methyl sites for hydroxylation is 1. The first-order valence-electron chi connectivity index (χ1n) is 7.84. The van der Waals surface area contributed by atoms with Gasteiger partial charge in [0.25, 0.3) is 0 Å². The molecule has 0 radical (unpaired) electrons. The molecule has 0 saturated carbocycles. The molecule has 0 N–H and O–H groups in total. The van der Waals surface area contributed by atoms with E-state index in [-0.39, 0.29) is 24.5 Å². The molecule has 0 spiro atoms. The second-order valence-electron chi connectivity index (χ2n) is 5.96. The van der Waals surface area contributed by atoms with Gasteiger partial charge in [-0.25, -0.2) is 9.78 Å². The zero-order valence-corrected chi connectivity index (χ0v) is 16.9. The van der Waals surface area contributed by atoms with Crippen LogP contribution >= 0.6 is 27.7 Å². The molecule has 0 atom stereocenters. The monoisotopic (exact) mass is 415 g/mol. The first-order chi connectivity index (χ1) is 11.3. The fourth-order valence-electron chi connectivity index (χ4n) is 2.14. The standard InChI is InChI=1S/C16H22BrN3O3S/c1-9(2)20-16-12(8-13(17)18-15(16)11(5)19-20)24-7-6-14(21)23-22-10(3)4/h8-10H,6-7H2,1-5H3. The van der Waals surface area contributed by atoms with E-state index in [4.69, 9.17) is 9.78 Å². The van der Waals surface area contributed by atoms with Crippen molar-refractivity contribution in [1.29, 1.82) is 0 Å². The van der Waals surface area contributed by atoms with Crippen LogP contribution in [0.2, 0.25) is 0 Å². The van der Waals surface area contributed by atoms with E-state index in [0.717, 1.165) is 26.2 Å². The molecule has 2 rings (SSSR count). The van der Waals surface area contributed by atoms with Crippen LogP contribution in [0.25, 0.3) is 11.0 Å². The number of rotatable bonds is 7. The Bertz CT molecular complexity index is 731. The number of thioether (sulfide) groups is 1. The zero-order valence-electron chi connectivity index (χ0n) is 14.5. The van der Waals surface area contributed by atoms with Crippen molar-refractivity contribution < 1.29 is 14.6 Å². The summed E-state index contributed by atoms with van der Waals surface area (Å²) in [6.07, 6.45) is 0.133. The highest BCUT2D eigenvalue weighted by Crippen LogP contribution is 2.33. The number of nitrogens with zero attached hydrogens (tertiary/aromatic N) is 3. The molecule has 0 amide bonds. The van der Waals surface area contributed by atoms with Gasteiger partial charge in [0.05, 0.1) is 18.2 Å². The molecule has 8 heteroatoms. The third-order valence-electron chi connectivity index (χ3n) is 3.14. The summed E-state index contributed by atoms with van der Waals surface area (Å²) in [6.45, 7) is 9.74. The lowest BCUT2D eigenvalue weighted by molar-refractivity contribution is -0.291. The lowest BCUT2D eigenvalue weighted by Gasteiger charge is -2.11. The maximum atomic E-state index is 11.6. The normalized spacial score (nSPS) is 11.7. The number of halogens is 1. The van der Waals surface area contributed by atoms with Crippen LogP contribution in [0, 0.1) is 6.92 Å². The van der Waals surface area contributed by atoms with Gasteiger partial charge in [-0.2, -0.15) is 9.99 Å². The summed E-state index contributed by atoms with van der Waals surface area (Å²) in [7, 11) is 0. The van der Waals surface area contributed by atoms with Crippen LogP contribution in [-0.2, 0) is 14.6 Å². The molecule has 0 bridgehead atoms. The summed E-state index contributed by atoms with van der Waals surface area (Å²) in [5.74, 6) is 0.225. The van der Waals surface area contributed by atoms with E-state index in [0.29, 0.717) is 5.75 Å². The molecule has 0 fully saturated rings. The minimum Gasteiger partial charge on any atom is -0.298 e. The Kier molecular flexibility index (Phi) is 6.65. The molecule has 2 aromatic rings. The van der Waals surface area contributed by atoms with Gasteiger partial charge in [0.1, 0.15) is 15.6 Å². The smallest absolute Gasteiger partial charge is 0.298 e. The molecule has 0 aliphatic carbocycles. The molecule has 24 heavy (non-hydrogen) atoms. The Balaban J connectivity index is 2.15. The van der Waals surface area contributed by atoms with Crippen LogP contribution in [0.1, 0.15) is 45.9 Å².